The number of hydrogen-bond donors (Lipinski definition) is 7. The van der Waals surface area contributed by atoms with E-state index < -0.39 is 54.5 Å². The van der Waals surface area contributed by atoms with Crippen molar-refractivity contribution in [3.63, 3.8) is 0 Å². The van der Waals surface area contributed by atoms with Crippen LogP contribution in [0.25, 0.3) is 0 Å². The van der Waals surface area contributed by atoms with Gasteiger partial charge in [-0.25, -0.2) is 4.98 Å². The zero-order chi connectivity index (χ0) is 21.4. The van der Waals surface area contributed by atoms with Crippen molar-refractivity contribution in [2.24, 2.45) is 0 Å². The molecule has 29 heavy (non-hydrogen) atoms. The third-order valence-corrected chi connectivity index (χ3v) is 4.53. The summed E-state index contributed by atoms with van der Waals surface area (Å²) >= 11 is 0. The lowest BCUT2D eigenvalue weighted by Gasteiger charge is -2.23. The highest BCUT2D eigenvalue weighted by molar-refractivity contribution is 5.94. The van der Waals surface area contributed by atoms with Crippen LogP contribution in [-0.2, 0) is 25.6 Å². The van der Waals surface area contributed by atoms with Crippen LogP contribution in [0.5, 0.6) is 0 Å². The summed E-state index contributed by atoms with van der Waals surface area (Å²) in [5.74, 6) is -3.12. The molecule has 0 aliphatic carbocycles. The van der Waals surface area contributed by atoms with Crippen LogP contribution in [-0.4, -0.2) is 81.2 Å². The van der Waals surface area contributed by atoms with Gasteiger partial charge in [-0.3, -0.25) is 19.2 Å². The van der Waals surface area contributed by atoms with E-state index >= 15 is 0 Å². The lowest BCUT2D eigenvalue weighted by Crippen LogP contribution is -2.58. The van der Waals surface area contributed by atoms with Crippen molar-refractivity contribution in [1.29, 1.82) is 0 Å². The van der Waals surface area contributed by atoms with Crippen molar-refractivity contribution in [3.05, 3.63) is 18.2 Å². The Balaban J connectivity index is 2.04. The SMILES string of the molecule is CC(NC(=O)C(Cc1cnc[nH]1)NC(=O)C(CO)NC(=O)C1CCCN1)C(=O)O. The molecule has 1 aromatic heterocycles. The van der Waals surface area contributed by atoms with E-state index in [1.807, 2.05) is 0 Å². The summed E-state index contributed by atoms with van der Waals surface area (Å²) in [7, 11) is 0. The van der Waals surface area contributed by atoms with Gasteiger partial charge in [0.05, 0.1) is 19.0 Å². The highest BCUT2D eigenvalue weighted by Crippen LogP contribution is 2.05. The van der Waals surface area contributed by atoms with E-state index in [1.165, 1.54) is 19.4 Å². The van der Waals surface area contributed by atoms with Crippen LogP contribution < -0.4 is 21.3 Å². The average Bonchev–Trinajstić information content (AvgIpc) is 3.38. The number of aliphatic carboxylic acids is 1. The number of carbonyl (C=O) groups is 4. The highest BCUT2D eigenvalue weighted by atomic mass is 16.4. The van der Waals surface area contributed by atoms with Gasteiger partial charge in [0.2, 0.25) is 17.7 Å². The zero-order valence-corrected chi connectivity index (χ0v) is 16.0. The van der Waals surface area contributed by atoms with E-state index in [2.05, 4.69) is 31.2 Å². The van der Waals surface area contributed by atoms with E-state index in [-0.39, 0.29) is 6.42 Å². The second-order valence-electron chi connectivity index (χ2n) is 6.80. The maximum absolute atomic E-state index is 12.6. The Morgan fingerprint density at radius 3 is 2.48 bits per heavy atom. The van der Waals surface area contributed by atoms with Gasteiger partial charge in [0.25, 0.3) is 0 Å². The van der Waals surface area contributed by atoms with E-state index in [9.17, 15) is 24.3 Å². The summed E-state index contributed by atoms with van der Waals surface area (Å²) in [5.41, 5.74) is 0.535. The number of nitrogens with zero attached hydrogens (tertiary/aromatic N) is 1. The summed E-state index contributed by atoms with van der Waals surface area (Å²) in [6.07, 6.45) is 4.34. The molecule has 4 atom stereocenters. The van der Waals surface area contributed by atoms with Crippen molar-refractivity contribution in [2.45, 2.75) is 50.4 Å². The first-order chi connectivity index (χ1) is 13.8. The number of hydrogen-bond acceptors (Lipinski definition) is 7. The fraction of sp³-hybridized carbons (Fsp3) is 0.588. The van der Waals surface area contributed by atoms with Crippen molar-refractivity contribution >= 4 is 23.7 Å². The van der Waals surface area contributed by atoms with Crippen LogP contribution in [0.4, 0.5) is 0 Å². The van der Waals surface area contributed by atoms with E-state index in [1.54, 1.807) is 0 Å². The summed E-state index contributed by atoms with van der Waals surface area (Å²) < 4.78 is 0. The molecule has 0 aromatic carbocycles. The van der Waals surface area contributed by atoms with E-state index in [0.717, 1.165) is 6.42 Å². The Hall–Kier alpha value is -2.99. The largest absolute Gasteiger partial charge is 0.480 e. The Bertz CT molecular complexity index is 718. The van der Waals surface area contributed by atoms with Crippen molar-refractivity contribution in [3.8, 4) is 0 Å². The molecule has 0 saturated carbocycles. The summed E-state index contributed by atoms with van der Waals surface area (Å²) in [6, 6.07) is -3.98. The van der Waals surface area contributed by atoms with Crippen molar-refractivity contribution in [1.82, 2.24) is 31.2 Å². The minimum atomic E-state index is -1.25. The molecule has 0 bridgehead atoms. The highest BCUT2D eigenvalue weighted by Gasteiger charge is 2.30. The van der Waals surface area contributed by atoms with Crippen LogP contribution in [0.3, 0.4) is 0 Å². The van der Waals surface area contributed by atoms with Gasteiger partial charge in [0.15, 0.2) is 0 Å². The normalized spacial score (nSPS) is 19.0. The second kappa shape index (κ2) is 10.5. The standard InChI is InChI=1S/C17H26N6O6/c1-9(17(28)29)21-15(26)12(5-10-6-18-8-20-10)22-16(27)13(7-24)23-14(25)11-3-2-4-19-11/h6,8-9,11-13,19,24H,2-5,7H2,1H3,(H,18,20)(H,21,26)(H,22,27)(H,23,25)(H,28,29). The number of H-pyrrole nitrogens is 1. The van der Waals surface area contributed by atoms with Gasteiger partial charge in [0, 0.05) is 18.3 Å². The van der Waals surface area contributed by atoms with Crippen molar-refractivity contribution in [2.75, 3.05) is 13.2 Å². The molecule has 0 radical (unpaired) electrons. The predicted octanol–water partition coefficient (Wildman–Crippen LogP) is -2.74. The van der Waals surface area contributed by atoms with Gasteiger partial charge in [-0.05, 0) is 26.3 Å². The van der Waals surface area contributed by atoms with Gasteiger partial charge in [-0.1, -0.05) is 0 Å². The number of aromatic nitrogens is 2. The number of carbonyl (C=O) groups excluding carboxylic acids is 3. The molecule has 12 nitrogen and oxygen atoms in total. The third-order valence-electron chi connectivity index (χ3n) is 4.53. The molecule has 1 saturated heterocycles. The van der Waals surface area contributed by atoms with Crippen LogP contribution >= 0.6 is 0 Å². The smallest absolute Gasteiger partial charge is 0.325 e. The molecule has 1 aromatic rings. The number of amides is 3. The molecular formula is C17H26N6O6. The lowest BCUT2D eigenvalue weighted by atomic mass is 10.1. The number of nitrogens with one attached hydrogen (secondary N) is 5. The lowest BCUT2D eigenvalue weighted by molar-refractivity contribution is -0.141. The number of aliphatic hydroxyl groups is 1. The maximum atomic E-state index is 12.6. The second-order valence-corrected chi connectivity index (χ2v) is 6.80. The number of carboxylic acids is 1. The predicted molar refractivity (Wildman–Crippen MR) is 99.5 cm³/mol. The van der Waals surface area contributed by atoms with Gasteiger partial charge < -0.3 is 36.5 Å². The zero-order valence-electron chi connectivity index (χ0n) is 16.0. The molecule has 160 valence electrons. The van der Waals surface area contributed by atoms with Crippen LogP contribution in [0.15, 0.2) is 12.5 Å². The number of imidazole rings is 1. The van der Waals surface area contributed by atoms with Gasteiger partial charge in [0.1, 0.15) is 18.1 Å². The molecule has 1 aliphatic heterocycles. The first kappa shape index (κ1) is 22.3. The van der Waals surface area contributed by atoms with E-state index in [0.29, 0.717) is 18.7 Å². The average molecular weight is 410 g/mol. The minimum absolute atomic E-state index is 0.0141. The molecule has 2 rings (SSSR count). The minimum Gasteiger partial charge on any atom is -0.480 e. The van der Waals surface area contributed by atoms with E-state index in [4.69, 9.17) is 5.11 Å². The first-order valence-corrected chi connectivity index (χ1v) is 9.27. The number of aromatic amines is 1. The Labute approximate surface area is 166 Å². The fourth-order valence-corrected chi connectivity index (χ4v) is 2.85. The van der Waals surface area contributed by atoms with Crippen LogP contribution in [0.2, 0.25) is 0 Å². The summed E-state index contributed by atoms with van der Waals surface area (Å²) in [4.78, 5) is 54.9. The van der Waals surface area contributed by atoms with Gasteiger partial charge in [-0.2, -0.15) is 0 Å². The fourth-order valence-electron chi connectivity index (χ4n) is 2.85. The molecule has 1 aliphatic rings. The summed E-state index contributed by atoms with van der Waals surface area (Å²) in [5, 5.41) is 28.7. The quantitative estimate of drug-likeness (QED) is 0.216. The number of rotatable bonds is 10. The number of carboxylic acid groups (broad SMARTS) is 1. The Morgan fingerprint density at radius 2 is 1.93 bits per heavy atom. The van der Waals surface area contributed by atoms with Crippen molar-refractivity contribution < 1.29 is 29.4 Å². The van der Waals surface area contributed by atoms with Crippen LogP contribution in [0, 0.1) is 0 Å². The monoisotopic (exact) mass is 410 g/mol. The Kier molecular flexibility index (Phi) is 8.09. The molecule has 3 amide bonds. The topological polar surface area (TPSA) is 186 Å². The summed E-state index contributed by atoms with van der Waals surface area (Å²) in [6.45, 7) is 1.33. The molecule has 0 spiro atoms. The molecule has 7 N–H and O–H groups in total. The third kappa shape index (κ3) is 6.54. The Morgan fingerprint density at radius 1 is 1.21 bits per heavy atom. The molecule has 1 fully saturated rings. The first-order valence-electron chi connectivity index (χ1n) is 9.27. The van der Waals surface area contributed by atoms with Crippen LogP contribution in [0.1, 0.15) is 25.5 Å². The molecule has 12 heteroatoms. The molecular weight excluding hydrogens is 384 g/mol. The number of aliphatic hydroxyl groups excluding tert-OH is 1. The maximum Gasteiger partial charge on any atom is 0.325 e. The van der Waals surface area contributed by atoms with Gasteiger partial charge in [-0.15, -0.1) is 0 Å². The molecule has 2 heterocycles. The van der Waals surface area contributed by atoms with Gasteiger partial charge >= 0.3 is 5.97 Å². The molecule has 4 unspecified atom stereocenters.